The first-order valence-corrected chi connectivity index (χ1v) is 10.8. The topological polar surface area (TPSA) is 101 Å². The van der Waals surface area contributed by atoms with Gasteiger partial charge in [0.1, 0.15) is 17.6 Å². The van der Waals surface area contributed by atoms with Crippen molar-refractivity contribution in [3.8, 4) is 11.5 Å². The van der Waals surface area contributed by atoms with Gasteiger partial charge in [0.15, 0.2) is 5.96 Å². The van der Waals surface area contributed by atoms with Crippen LogP contribution in [0.3, 0.4) is 0 Å². The molecule has 0 radical (unpaired) electrons. The van der Waals surface area contributed by atoms with Gasteiger partial charge in [-0.3, -0.25) is 4.99 Å². The lowest BCUT2D eigenvalue weighted by molar-refractivity contribution is 0.223. The minimum atomic E-state index is -3.30. The zero-order valence-corrected chi connectivity index (χ0v) is 17.8. The van der Waals surface area contributed by atoms with Gasteiger partial charge >= 0.3 is 0 Å². The van der Waals surface area contributed by atoms with Gasteiger partial charge in [-0.2, -0.15) is 0 Å². The molecule has 0 bridgehead atoms. The molecular formula is C18H32N4O4S. The SMILES string of the molecule is CCNC(=NCC(C)(C)NS(C)(=O)=O)NCC(C)Oc1cccc(OC)c1. The minimum absolute atomic E-state index is 0.108. The van der Waals surface area contributed by atoms with Crippen molar-refractivity contribution in [1.82, 2.24) is 15.4 Å². The molecule has 3 N–H and O–H groups in total. The molecule has 0 spiro atoms. The molecule has 0 aliphatic heterocycles. The van der Waals surface area contributed by atoms with Crippen LogP contribution in [0, 0.1) is 0 Å². The molecule has 1 unspecified atom stereocenters. The summed E-state index contributed by atoms with van der Waals surface area (Å²) in [4.78, 5) is 4.47. The van der Waals surface area contributed by atoms with Gasteiger partial charge in [-0.15, -0.1) is 0 Å². The van der Waals surface area contributed by atoms with Crippen molar-refractivity contribution >= 4 is 16.0 Å². The maximum absolute atomic E-state index is 11.4. The summed E-state index contributed by atoms with van der Waals surface area (Å²) < 4.78 is 36.5. The van der Waals surface area contributed by atoms with Crippen molar-refractivity contribution < 1.29 is 17.9 Å². The average Bonchev–Trinajstić information content (AvgIpc) is 2.55. The lowest BCUT2D eigenvalue weighted by Crippen LogP contribution is -2.47. The number of sulfonamides is 1. The first kappa shape index (κ1) is 23.0. The summed E-state index contributed by atoms with van der Waals surface area (Å²) >= 11 is 0. The van der Waals surface area contributed by atoms with Crippen molar-refractivity contribution in [1.29, 1.82) is 0 Å². The van der Waals surface area contributed by atoms with E-state index in [9.17, 15) is 8.42 Å². The maximum Gasteiger partial charge on any atom is 0.209 e. The van der Waals surface area contributed by atoms with E-state index in [0.717, 1.165) is 17.8 Å². The van der Waals surface area contributed by atoms with E-state index in [-0.39, 0.29) is 6.10 Å². The van der Waals surface area contributed by atoms with Crippen molar-refractivity contribution in [2.75, 3.05) is 33.0 Å². The molecule has 0 heterocycles. The molecule has 1 atom stereocenters. The largest absolute Gasteiger partial charge is 0.497 e. The zero-order valence-electron chi connectivity index (χ0n) is 17.0. The first-order valence-electron chi connectivity index (χ1n) is 8.86. The molecule has 1 aromatic rings. The monoisotopic (exact) mass is 400 g/mol. The minimum Gasteiger partial charge on any atom is -0.497 e. The highest BCUT2D eigenvalue weighted by Gasteiger charge is 2.22. The molecule has 0 amide bonds. The van der Waals surface area contributed by atoms with Gasteiger partial charge in [0.05, 0.1) is 26.5 Å². The Labute approximate surface area is 162 Å². The zero-order chi connectivity index (χ0) is 20.5. The normalized spacial score (nSPS) is 13.8. The lowest BCUT2D eigenvalue weighted by atomic mass is 10.1. The van der Waals surface area contributed by atoms with Gasteiger partial charge in [-0.05, 0) is 39.8 Å². The van der Waals surface area contributed by atoms with E-state index >= 15 is 0 Å². The summed E-state index contributed by atoms with van der Waals surface area (Å²) in [5.74, 6) is 2.06. The van der Waals surface area contributed by atoms with Crippen LogP contribution in [0.4, 0.5) is 0 Å². The number of ether oxygens (including phenoxy) is 2. The van der Waals surface area contributed by atoms with Crippen molar-refractivity contribution in [3.63, 3.8) is 0 Å². The Balaban J connectivity index is 2.62. The average molecular weight is 401 g/mol. The number of nitrogens with one attached hydrogen (secondary N) is 3. The number of aliphatic imine (C=N–C) groups is 1. The second-order valence-corrected chi connectivity index (χ2v) is 8.69. The molecule has 0 fully saturated rings. The predicted octanol–water partition coefficient (Wildman–Crippen LogP) is 1.35. The van der Waals surface area contributed by atoms with Crippen LogP contribution < -0.4 is 24.8 Å². The van der Waals surface area contributed by atoms with Crippen LogP contribution in [-0.2, 0) is 10.0 Å². The molecule has 154 valence electrons. The summed E-state index contributed by atoms with van der Waals surface area (Å²) in [5.41, 5.74) is -0.682. The highest BCUT2D eigenvalue weighted by Crippen LogP contribution is 2.19. The number of nitrogens with zero attached hydrogens (tertiary/aromatic N) is 1. The molecule has 8 nitrogen and oxygen atoms in total. The van der Waals surface area contributed by atoms with Crippen molar-refractivity contribution in [2.45, 2.75) is 39.3 Å². The number of hydrogen-bond acceptors (Lipinski definition) is 5. The highest BCUT2D eigenvalue weighted by atomic mass is 32.2. The van der Waals surface area contributed by atoms with E-state index in [1.807, 2.05) is 38.1 Å². The molecule has 1 aromatic carbocycles. The summed E-state index contributed by atoms with van der Waals surface area (Å²) in [6.07, 6.45) is 1.03. The Bertz CT molecular complexity index is 720. The Morgan fingerprint density at radius 3 is 2.52 bits per heavy atom. The molecule has 0 saturated carbocycles. The number of hydrogen-bond donors (Lipinski definition) is 3. The lowest BCUT2D eigenvalue weighted by Gasteiger charge is -2.24. The molecule has 0 saturated heterocycles. The fraction of sp³-hybridized carbons (Fsp3) is 0.611. The van der Waals surface area contributed by atoms with Crippen LogP contribution in [-0.4, -0.2) is 59.0 Å². The third-order valence-corrected chi connectivity index (χ3v) is 4.30. The molecule has 0 aliphatic carbocycles. The Hall–Kier alpha value is -2.00. The van der Waals surface area contributed by atoms with E-state index in [1.165, 1.54) is 0 Å². The quantitative estimate of drug-likeness (QED) is 0.405. The smallest absolute Gasteiger partial charge is 0.209 e. The first-order chi connectivity index (χ1) is 12.5. The van der Waals surface area contributed by atoms with Crippen LogP contribution in [0.2, 0.25) is 0 Å². The molecule has 27 heavy (non-hydrogen) atoms. The Kier molecular flexibility index (Phi) is 8.84. The Morgan fingerprint density at radius 2 is 1.93 bits per heavy atom. The number of rotatable bonds is 10. The second kappa shape index (κ2) is 10.4. The molecule has 0 aromatic heterocycles. The third kappa shape index (κ3) is 10.0. The van der Waals surface area contributed by atoms with Gasteiger partial charge < -0.3 is 20.1 Å². The maximum atomic E-state index is 11.4. The van der Waals surface area contributed by atoms with Crippen molar-refractivity contribution in [2.24, 2.45) is 4.99 Å². The van der Waals surface area contributed by atoms with Crippen LogP contribution in [0.5, 0.6) is 11.5 Å². The predicted molar refractivity (Wildman–Crippen MR) is 109 cm³/mol. The third-order valence-electron chi connectivity index (χ3n) is 3.37. The number of guanidine groups is 1. The number of benzene rings is 1. The second-order valence-electron chi connectivity index (χ2n) is 6.94. The van der Waals surface area contributed by atoms with Gasteiger partial charge in [0, 0.05) is 18.2 Å². The summed E-state index contributed by atoms with van der Waals surface area (Å²) in [5, 5.41) is 6.35. The van der Waals surface area contributed by atoms with Crippen LogP contribution in [0.25, 0.3) is 0 Å². The molecule has 1 rings (SSSR count). The van der Waals surface area contributed by atoms with E-state index in [1.54, 1.807) is 21.0 Å². The highest BCUT2D eigenvalue weighted by molar-refractivity contribution is 7.88. The van der Waals surface area contributed by atoms with Gasteiger partial charge in [-0.1, -0.05) is 6.07 Å². The summed E-state index contributed by atoms with van der Waals surface area (Å²) in [6.45, 7) is 9.00. The van der Waals surface area contributed by atoms with Crippen molar-refractivity contribution in [3.05, 3.63) is 24.3 Å². The Morgan fingerprint density at radius 1 is 1.26 bits per heavy atom. The summed E-state index contributed by atoms with van der Waals surface area (Å²) in [7, 11) is -1.68. The van der Waals surface area contributed by atoms with Gasteiger partial charge in [-0.25, -0.2) is 13.1 Å². The molecule has 0 aliphatic rings. The summed E-state index contributed by atoms with van der Waals surface area (Å²) in [6, 6.07) is 7.43. The van der Waals surface area contributed by atoms with Crippen LogP contribution in [0.1, 0.15) is 27.7 Å². The van der Waals surface area contributed by atoms with Gasteiger partial charge in [0.25, 0.3) is 0 Å². The molecular weight excluding hydrogens is 368 g/mol. The van der Waals surface area contributed by atoms with E-state index < -0.39 is 15.6 Å². The van der Waals surface area contributed by atoms with E-state index in [2.05, 4.69) is 20.3 Å². The van der Waals surface area contributed by atoms with Gasteiger partial charge in [0.2, 0.25) is 10.0 Å². The molecule has 9 heteroatoms. The number of methoxy groups -OCH3 is 1. The standard InChI is InChI=1S/C18H32N4O4S/c1-7-19-17(21-13-18(3,4)22-27(6,23)24)20-12-14(2)26-16-10-8-9-15(11-16)25-5/h8-11,14,22H,7,12-13H2,1-6H3,(H2,19,20,21). The van der Waals surface area contributed by atoms with Crippen LogP contribution >= 0.6 is 0 Å². The fourth-order valence-corrected chi connectivity index (χ4v) is 3.41. The van der Waals surface area contributed by atoms with Crippen LogP contribution in [0.15, 0.2) is 29.3 Å². The van der Waals surface area contributed by atoms with E-state index in [0.29, 0.717) is 25.6 Å². The fourth-order valence-electron chi connectivity index (χ4n) is 2.34. The van der Waals surface area contributed by atoms with E-state index in [4.69, 9.17) is 9.47 Å².